The SMILES string of the molecule is COc1cccc(N(C)c2nnc(C3CCC(O)CC3)n2C)c1.Cl. The van der Waals surface area contributed by atoms with E-state index >= 15 is 0 Å². The standard InChI is InChI=1S/C17H24N4O2.ClH/c1-20(13-5-4-6-15(11-13)23-3)17-19-18-16(21(17)2)12-7-9-14(22)10-8-12;/h4-6,11-12,14,22H,7-10H2,1-3H3;1H. The van der Waals surface area contributed by atoms with Gasteiger partial charge >= 0.3 is 0 Å². The Labute approximate surface area is 148 Å². The molecule has 0 bridgehead atoms. The molecule has 1 aromatic carbocycles. The van der Waals surface area contributed by atoms with Gasteiger partial charge in [-0.1, -0.05) is 6.07 Å². The Bertz CT molecular complexity index is 668. The average Bonchev–Trinajstić information content (AvgIpc) is 2.96. The molecule has 7 heteroatoms. The number of anilines is 2. The third-order valence-corrected chi connectivity index (χ3v) is 4.69. The number of hydrogen-bond donors (Lipinski definition) is 1. The molecule has 0 aliphatic heterocycles. The van der Waals surface area contributed by atoms with E-state index in [4.69, 9.17) is 4.74 Å². The topological polar surface area (TPSA) is 63.4 Å². The fourth-order valence-electron chi connectivity index (χ4n) is 3.25. The molecule has 0 saturated heterocycles. The summed E-state index contributed by atoms with van der Waals surface area (Å²) in [6, 6.07) is 7.89. The quantitative estimate of drug-likeness (QED) is 0.916. The van der Waals surface area contributed by atoms with E-state index in [0.717, 1.165) is 48.9 Å². The molecule has 1 aromatic heterocycles. The van der Waals surface area contributed by atoms with E-state index in [1.54, 1.807) is 7.11 Å². The maximum Gasteiger partial charge on any atom is 0.231 e. The lowest BCUT2D eigenvalue weighted by atomic mass is 9.87. The van der Waals surface area contributed by atoms with Crippen molar-refractivity contribution in [1.82, 2.24) is 14.8 Å². The van der Waals surface area contributed by atoms with Gasteiger partial charge < -0.3 is 14.7 Å². The maximum absolute atomic E-state index is 9.67. The Hall–Kier alpha value is -1.79. The van der Waals surface area contributed by atoms with E-state index in [9.17, 15) is 5.11 Å². The highest BCUT2D eigenvalue weighted by Gasteiger charge is 2.26. The summed E-state index contributed by atoms with van der Waals surface area (Å²) in [5.41, 5.74) is 1.01. The van der Waals surface area contributed by atoms with Gasteiger partial charge in [-0.05, 0) is 37.8 Å². The Morgan fingerprint density at radius 3 is 2.58 bits per heavy atom. The van der Waals surface area contributed by atoms with Crippen LogP contribution in [0.1, 0.15) is 37.4 Å². The average molecular weight is 353 g/mol. The first kappa shape index (κ1) is 18.5. The van der Waals surface area contributed by atoms with Gasteiger partial charge in [0.1, 0.15) is 11.6 Å². The van der Waals surface area contributed by atoms with E-state index in [1.807, 2.05) is 43.3 Å². The fraction of sp³-hybridized carbons (Fsp3) is 0.529. The van der Waals surface area contributed by atoms with Gasteiger partial charge in [0.05, 0.1) is 13.2 Å². The number of aliphatic hydroxyl groups is 1. The van der Waals surface area contributed by atoms with Crippen LogP contribution in [-0.4, -0.2) is 40.1 Å². The first-order chi connectivity index (χ1) is 11.1. The lowest BCUT2D eigenvalue weighted by molar-refractivity contribution is 0.121. The number of aromatic nitrogens is 3. The zero-order valence-electron chi connectivity index (χ0n) is 14.3. The highest BCUT2D eigenvalue weighted by molar-refractivity contribution is 5.85. The van der Waals surface area contributed by atoms with Crippen LogP contribution in [0.3, 0.4) is 0 Å². The van der Waals surface area contributed by atoms with Crippen LogP contribution in [-0.2, 0) is 7.05 Å². The molecule has 3 rings (SSSR count). The molecule has 1 saturated carbocycles. The van der Waals surface area contributed by atoms with E-state index < -0.39 is 0 Å². The second-order valence-corrected chi connectivity index (χ2v) is 6.18. The summed E-state index contributed by atoms with van der Waals surface area (Å²) in [5.74, 6) is 3.00. The number of rotatable bonds is 4. The number of methoxy groups -OCH3 is 1. The van der Waals surface area contributed by atoms with Crippen LogP contribution in [0.25, 0.3) is 0 Å². The molecule has 24 heavy (non-hydrogen) atoms. The molecule has 0 radical (unpaired) electrons. The number of halogens is 1. The van der Waals surface area contributed by atoms with Gasteiger partial charge in [-0.3, -0.25) is 4.57 Å². The number of benzene rings is 1. The Kier molecular flexibility index (Phi) is 6.07. The van der Waals surface area contributed by atoms with Crippen molar-refractivity contribution in [1.29, 1.82) is 0 Å². The van der Waals surface area contributed by atoms with E-state index in [1.165, 1.54) is 0 Å². The van der Waals surface area contributed by atoms with Gasteiger partial charge in [0.2, 0.25) is 5.95 Å². The van der Waals surface area contributed by atoms with Crippen molar-refractivity contribution in [2.24, 2.45) is 7.05 Å². The Morgan fingerprint density at radius 2 is 1.92 bits per heavy atom. The summed E-state index contributed by atoms with van der Waals surface area (Å²) >= 11 is 0. The summed E-state index contributed by atoms with van der Waals surface area (Å²) in [6.45, 7) is 0. The number of hydrogen-bond acceptors (Lipinski definition) is 5. The molecule has 1 aliphatic rings. The van der Waals surface area contributed by atoms with Gasteiger partial charge in [-0.2, -0.15) is 0 Å². The monoisotopic (exact) mass is 352 g/mol. The van der Waals surface area contributed by atoms with Crippen LogP contribution in [0.4, 0.5) is 11.6 Å². The number of nitrogens with zero attached hydrogens (tertiary/aromatic N) is 4. The van der Waals surface area contributed by atoms with Gasteiger partial charge in [-0.15, -0.1) is 22.6 Å². The number of ether oxygens (including phenoxy) is 1. The molecule has 6 nitrogen and oxygen atoms in total. The molecular weight excluding hydrogens is 328 g/mol. The minimum Gasteiger partial charge on any atom is -0.497 e. The third-order valence-electron chi connectivity index (χ3n) is 4.69. The maximum atomic E-state index is 9.67. The smallest absolute Gasteiger partial charge is 0.231 e. The predicted molar refractivity (Wildman–Crippen MR) is 96.5 cm³/mol. The minimum atomic E-state index is -0.154. The largest absolute Gasteiger partial charge is 0.497 e. The fourth-order valence-corrected chi connectivity index (χ4v) is 3.25. The predicted octanol–water partition coefficient (Wildman–Crippen LogP) is 3.03. The van der Waals surface area contributed by atoms with Crippen molar-refractivity contribution in [2.45, 2.75) is 37.7 Å². The Balaban J connectivity index is 0.00000208. The zero-order valence-corrected chi connectivity index (χ0v) is 15.2. The van der Waals surface area contributed by atoms with Crippen LogP contribution >= 0.6 is 12.4 Å². The third kappa shape index (κ3) is 3.65. The molecule has 1 fully saturated rings. The van der Waals surface area contributed by atoms with Gasteiger partial charge in [0.15, 0.2) is 0 Å². The molecule has 1 aliphatic carbocycles. The van der Waals surface area contributed by atoms with Crippen LogP contribution < -0.4 is 9.64 Å². The van der Waals surface area contributed by atoms with Crippen molar-refractivity contribution in [3.05, 3.63) is 30.1 Å². The highest BCUT2D eigenvalue weighted by atomic mass is 35.5. The summed E-state index contributed by atoms with van der Waals surface area (Å²) < 4.78 is 7.35. The van der Waals surface area contributed by atoms with E-state index in [0.29, 0.717) is 5.92 Å². The summed E-state index contributed by atoms with van der Waals surface area (Å²) in [5, 5.41) is 18.5. The molecule has 132 valence electrons. The van der Waals surface area contributed by atoms with E-state index in [-0.39, 0.29) is 18.5 Å². The summed E-state index contributed by atoms with van der Waals surface area (Å²) in [7, 11) is 5.65. The van der Waals surface area contributed by atoms with Gasteiger partial charge in [0.25, 0.3) is 0 Å². The van der Waals surface area contributed by atoms with Crippen LogP contribution in [0.2, 0.25) is 0 Å². The number of aliphatic hydroxyl groups excluding tert-OH is 1. The second-order valence-electron chi connectivity index (χ2n) is 6.18. The Morgan fingerprint density at radius 1 is 1.21 bits per heavy atom. The molecule has 1 heterocycles. The van der Waals surface area contributed by atoms with Gasteiger partial charge in [0, 0.05) is 31.8 Å². The van der Waals surface area contributed by atoms with Crippen LogP contribution in [0.15, 0.2) is 24.3 Å². The lowest BCUT2D eigenvalue weighted by Gasteiger charge is -2.25. The minimum absolute atomic E-state index is 0. The molecule has 2 aromatic rings. The first-order valence-electron chi connectivity index (χ1n) is 8.05. The zero-order chi connectivity index (χ0) is 16.4. The van der Waals surface area contributed by atoms with Crippen LogP contribution in [0.5, 0.6) is 5.75 Å². The van der Waals surface area contributed by atoms with Crippen molar-refractivity contribution < 1.29 is 9.84 Å². The van der Waals surface area contributed by atoms with E-state index in [2.05, 4.69) is 14.8 Å². The first-order valence-corrected chi connectivity index (χ1v) is 8.05. The van der Waals surface area contributed by atoms with Crippen molar-refractivity contribution >= 4 is 24.0 Å². The van der Waals surface area contributed by atoms with Crippen molar-refractivity contribution in [2.75, 3.05) is 19.1 Å². The molecule has 1 N–H and O–H groups in total. The molecule has 0 atom stereocenters. The molecule has 0 unspecified atom stereocenters. The second kappa shape index (κ2) is 7.85. The van der Waals surface area contributed by atoms with Gasteiger partial charge in [-0.25, -0.2) is 0 Å². The van der Waals surface area contributed by atoms with Crippen molar-refractivity contribution in [3.63, 3.8) is 0 Å². The molecule has 0 amide bonds. The summed E-state index contributed by atoms with van der Waals surface area (Å²) in [4.78, 5) is 2.01. The van der Waals surface area contributed by atoms with Crippen molar-refractivity contribution in [3.8, 4) is 5.75 Å². The summed E-state index contributed by atoms with van der Waals surface area (Å²) in [6.07, 6.45) is 3.47. The highest BCUT2D eigenvalue weighted by Crippen LogP contribution is 2.33. The van der Waals surface area contributed by atoms with Crippen LogP contribution in [0, 0.1) is 0 Å². The normalized spacial score (nSPS) is 20.3. The molecular formula is C17H25ClN4O2. The lowest BCUT2D eigenvalue weighted by Crippen LogP contribution is -2.20. The molecule has 0 spiro atoms.